The summed E-state index contributed by atoms with van der Waals surface area (Å²) in [5, 5.41) is 3.70. The summed E-state index contributed by atoms with van der Waals surface area (Å²) < 4.78 is 10.8. The number of hydrogen-bond donors (Lipinski definition) is 1. The maximum Gasteiger partial charge on any atom is 0.127 e. The minimum Gasteiger partial charge on any atom is -0.497 e. The zero-order chi connectivity index (χ0) is 15.3. The number of nitrogens with zero attached hydrogens (tertiary/aromatic N) is 1. The van der Waals surface area contributed by atoms with Gasteiger partial charge in [-0.1, -0.05) is 19.9 Å². The number of methoxy groups -OCH3 is 2. The molecule has 2 rings (SSSR count). The SMILES string of the molecule is CCC1(CC)CN(Cc2ccc(OC)cc2OC)CCN1. The summed E-state index contributed by atoms with van der Waals surface area (Å²) in [5.41, 5.74) is 1.49. The third-order valence-electron chi connectivity index (χ3n) is 4.70. The van der Waals surface area contributed by atoms with Crippen LogP contribution in [0, 0.1) is 0 Å². The van der Waals surface area contributed by atoms with Gasteiger partial charge in [-0.05, 0) is 18.9 Å². The molecule has 1 heterocycles. The quantitative estimate of drug-likeness (QED) is 0.874. The van der Waals surface area contributed by atoms with E-state index in [1.807, 2.05) is 12.1 Å². The van der Waals surface area contributed by atoms with E-state index >= 15 is 0 Å². The molecule has 1 aromatic carbocycles. The van der Waals surface area contributed by atoms with E-state index in [2.05, 4.69) is 30.1 Å². The maximum absolute atomic E-state index is 5.51. The standard InChI is InChI=1S/C17H28N2O2/c1-5-17(6-2)13-19(10-9-18-17)12-14-7-8-15(20-3)11-16(14)21-4/h7-8,11,18H,5-6,9-10,12-13H2,1-4H3. The lowest BCUT2D eigenvalue weighted by Gasteiger charge is -2.43. The third kappa shape index (κ3) is 3.69. The van der Waals surface area contributed by atoms with Crippen LogP contribution < -0.4 is 14.8 Å². The van der Waals surface area contributed by atoms with Gasteiger partial charge in [0, 0.05) is 43.3 Å². The molecular weight excluding hydrogens is 264 g/mol. The Hall–Kier alpha value is -1.26. The van der Waals surface area contributed by atoms with Crippen LogP contribution in [-0.2, 0) is 6.54 Å². The van der Waals surface area contributed by atoms with Crippen LogP contribution in [0.2, 0.25) is 0 Å². The van der Waals surface area contributed by atoms with Crippen LogP contribution in [0.15, 0.2) is 18.2 Å². The molecule has 1 N–H and O–H groups in total. The average Bonchev–Trinajstić information content (AvgIpc) is 2.55. The van der Waals surface area contributed by atoms with Crippen molar-refractivity contribution < 1.29 is 9.47 Å². The number of rotatable bonds is 6. The van der Waals surface area contributed by atoms with Crippen LogP contribution in [-0.4, -0.2) is 44.3 Å². The topological polar surface area (TPSA) is 33.7 Å². The van der Waals surface area contributed by atoms with Crippen LogP contribution in [0.5, 0.6) is 11.5 Å². The van der Waals surface area contributed by atoms with Crippen molar-refractivity contribution in [3.63, 3.8) is 0 Å². The minimum absolute atomic E-state index is 0.262. The van der Waals surface area contributed by atoms with Crippen molar-refractivity contribution in [3.05, 3.63) is 23.8 Å². The highest BCUT2D eigenvalue weighted by molar-refractivity contribution is 5.40. The Morgan fingerprint density at radius 3 is 2.57 bits per heavy atom. The molecule has 0 aromatic heterocycles. The van der Waals surface area contributed by atoms with Crippen molar-refractivity contribution in [2.24, 2.45) is 0 Å². The molecule has 0 saturated carbocycles. The Balaban J connectivity index is 2.10. The van der Waals surface area contributed by atoms with Gasteiger partial charge in [0.15, 0.2) is 0 Å². The summed E-state index contributed by atoms with van der Waals surface area (Å²) in [6, 6.07) is 6.08. The molecule has 0 aliphatic carbocycles. The second-order valence-electron chi connectivity index (χ2n) is 5.80. The van der Waals surface area contributed by atoms with Crippen LogP contribution >= 0.6 is 0 Å². The minimum atomic E-state index is 0.262. The number of benzene rings is 1. The number of hydrogen-bond acceptors (Lipinski definition) is 4. The molecule has 4 nitrogen and oxygen atoms in total. The average molecular weight is 292 g/mol. The summed E-state index contributed by atoms with van der Waals surface area (Å²) in [6.07, 6.45) is 2.33. The summed E-state index contributed by atoms with van der Waals surface area (Å²) >= 11 is 0. The zero-order valence-corrected chi connectivity index (χ0v) is 13.7. The normalized spacial score (nSPS) is 18.5. The third-order valence-corrected chi connectivity index (χ3v) is 4.70. The van der Waals surface area contributed by atoms with E-state index in [0.29, 0.717) is 0 Å². The van der Waals surface area contributed by atoms with Crippen molar-refractivity contribution in [2.45, 2.75) is 38.8 Å². The second-order valence-corrected chi connectivity index (χ2v) is 5.80. The van der Waals surface area contributed by atoms with Gasteiger partial charge in [-0.3, -0.25) is 4.90 Å². The lowest BCUT2D eigenvalue weighted by molar-refractivity contribution is 0.117. The molecule has 1 aromatic rings. The van der Waals surface area contributed by atoms with E-state index < -0.39 is 0 Å². The van der Waals surface area contributed by atoms with E-state index in [0.717, 1.165) is 37.7 Å². The highest BCUT2D eigenvalue weighted by atomic mass is 16.5. The maximum atomic E-state index is 5.51. The Labute approximate surface area is 128 Å². The molecule has 1 saturated heterocycles. The highest BCUT2D eigenvalue weighted by Crippen LogP contribution is 2.27. The van der Waals surface area contributed by atoms with Gasteiger partial charge < -0.3 is 14.8 Å². The first-order valence-corrected chi connectivity index (χ1v) is 7.84. The summed E-state index contributed by atoms with van der Waals surface area (Å²) in [4.78, 5) is 2.52. The molecule has 1 aliphatic heterocycles. The van der Waals surface area contributed by atoms with E-state index in [4.69, 9.17) is 9.47 Å². The summed E-state index contributed by atoms with van der Waals surface area (Å²) in [7, 11) is 3.40. The van der Waals surface area contributed by atoms with Gasteiger partial charge in [0.05, 0.1) is 14.2 Å². The Bertz CT molecular complexity index is 458. The molecule has 0 atom stereocenters. The van der Waals surface area contributed by atoms with Gasteiger partial charge in [-0.15, -0.1) is 0 Å². The van der Waals surface area contributed by atoms with Gasteiger partial charge in [0.2, 0.25) is 0 Å². The van der Waals surface area contributed by atoms with Crippen molar-refractivity contribution in [3.8, 4) is 11.5 Å². The van der Waals surface area contributed by atoms with E-state index in [1.54, 1.807) is 14.2 Å². The van der Waals surface area contributed by atoms with Crippen LogP contribution in [0.3, 0.4) is 0 Å². The molecule has 0 amide bonds. The summed E-state index contributed by atoms with van der Waals surface area (Å²) in [5.74, 6) is 1.75. The van der Waals surface area contributed by atoms with E-state index in [1.165, 1.54) is 18.4 Å². The first kappa shape index (κ1) is 16.1. The lowest BCUT2D eigenvalue weighted by Crippen LogP contribution is -2.59. The Kier molecular flexibility index (Phi) is 5.48. The van der Waals surface area contributed by atoms with E-state index in [9.17, 15) is 0 Å². The summed E-state index contributed by atoms with van der Waals surface area (Å²) in [6.45, 7) is 8.70. The van der Waals surface area contributed by atoms with Crippen molar-refractivity contribution in [1.29, 1.82) is 0 Å². The number of ether oxygens (including phenoxy) is 2. The molecule has 0 bridgehead atoms. The smallest absolute Gasteiger partial charge is 0.127 e. The molecule has 4 heteroatoms. The van der Waals surface area contributed by atoms with Gasteiger partial charge in [0.1, 0.15) is 11.5 Å². The van der Waals surface area contributed by atoms with Crippen LogP contribution in [0.4, 0.5) is 0 Å². The lowest BCUT2D eigenvalue weighted by atomic mass is 9.90. The second kappa shape index (κ2) is 7.14. The molecule has 0 spiro atoms. The molecule has 118 valence electrons. The fourth-order valence-corrected chi connectivity index (χ4v) is 3.12. The fraction of sp³-hybridized carbons (Fsp3) is 0.647. The van der Waals surface area contributed by atoms with Crippen molar-refractivity contribution in [1.82, 2.24) is 10.2 Å². The first-order chi connectivity index (χ1) is 10.2. The van der Waals surface area contributed by atoms with Gasteiger partial charge >= 0.3 is 0 Å². The molecule has 0 radical (unpaired) electrons. The monoisotopic (exact) mass is 292 g/mol. The van der Waals surface area contributed by atoms with Gasteiger partial charge in [-0.25, -0.2) is 0 Å². The van der Waals surface area contributed by atoms with Gasteiger partial charge in [-0.2, -0.15) is 0 Å². The van der Waals surface area contributed by atoms with Crippen LogP contribution in [0.25, 0.3) is 0 Å². The predicted octanol–water partition coefficient (Wildman–Crippen LogP) is 2.67. The molecule has 0 unspecified atom stereocenters. The van der Waals surface area contributed by atoms with Crippen LogP contribution in [0.1, 0.15) is 32.3 Å². The first-order valence-electron chi connectivity index (χ1n) is 7.84. The molecular formula is C17H28N2O2. The molecule has 21 heavy (non-hydrogen) atoms. The molecule has 1 aliphatic rings. The van der Waals surface area contributed by atoms with E-state index in [-0.39, 0.29) is 5.54 Å². The van der Waals surface area contributed by atoms with Gasteiger partial charge in [0.25, 0.3) is 0 Å². The predicted molar refractivity (Wildman–Crippen MR) is 86.1 cm³/mol. The highest BCUT2D eigenvalue weighted by Gasteiger charge is 2.31. The van der Waals surface area contributed by atoms with Crippen molar-refractivity contribution >= 4 is 0 Å². The largest absolute Gasteiger partial charge is 0.497 e. The zero-order valence-electron chi connectivity index (χ0n) is 13.7. The Morgan fingerprint density at radius 2 is 1.95 bits per heavy atom. The number of nitrogens with one attached hydrogen (secondary N) is 1. The fourth-order valence-electron chi connectivity index (χ4n) is 3.12. The van der Waals surface area contributed by atoms with Crippen molar-refractivity contribution in [2.75, 3.05) is 33.9 Å². The Morgan fingerprint density at radius 1 is 1.19 bits per heavy atom. The molecule has 1 fully saturated rings. The number of piperazine rings is 1.